The summed E-state index contributed by atoms with van der Waals surface area (Å²) in [6, 6.07) is 19.8. The first-order chi connectivity index (χ1) is 19.6. The van der Waals surface area contributed by atoms with Crippen LogP contribution in [0.3, 0.4) is 0 Å². The number of rotatable bonds is 13. The highest BCUT2D eigenvalue weighted by molar-refractivity contribution is 6.35. The van der Waals surface area contributed by atoms with Crippen LogP contribution in [-0.4, -0.2) is 42.7 Å². The van der Waals surface area contributed by atoms with Gasteiger partial charge in [-0.05, 0) is 79.4 Å². The zero-order chi connectivity index (χ0) is 29.8. The third kappa shape index (κ3) is 10.8. The standard InChI is InChI=1S/C30H32Cl2N4O5/c1-19(2)15-26(35-29(38)20(3)41-27-14-11-22(31)16-25(27)32)30(39)36-33-17-21-9-12-24(13-10-21)40-18-28(37)34-23-7-5-4-6-8-23/h4-14,16-17,19-20,26H,15,18H2,1-3H3,(H,34,37)(H,35,38)(H,36,39)/b33-17-/t20-,26+/m1/s1. The second kappa shape index (κ2) is 15.6. The van der Waals surface area contributed by atoms with Crippen LogP contribution in [-0.2, 0) is 14.4 Å². The molecule has 0 aromatic heterocycles. The third-order valence-corrected chi connectivity index (χ3v) is 6.13. The van der Waals surface area contributed by atoms with E-state index in [9.17, 15) is 14.4 Å². The van der Waals surface area contributed by atoms with E-state index in [1.807, 2.05) is 32.0 Å². The lowest BCUT2D eigenvalue weighted by Crippen LogP contribution is -2.49. The van der Waals surface area contributed by atoms with Crippen LogP contribution < -0.4 is 25.5 Å². The zero-order valence-corrected chi connectivity index (χ0v) is 24.4. The van der Waals surface area contributed by atoms with Gasteiger partial charge in [0.25, 0.3) is 17.7 Å². The molecule has 2 atom stereocenters. The smallest absolute Gasteiger partial charge is 0.262 e. The highest BCUT2D eigenvalue weighted by Crippen LogP contribution is 2.28. The van der Waals surface area contributed by atoms with E-state index in [0.717, 1.165) is 0 Å². The lowest BCUT2D eigenvalue weighted by atomic mass is 10.0. The van der Waals surface area contributed by atoms with E-state index >= 15 is 0 Å². The Hall–Kier alpha value is -4.08. The number of nitrogens with zero attached hydrogens (tertiary/aromatic N) is 1. The molecule has 0 spiro atoms. The van der Waals surface area contributed by atoms with E-state index in [0.29, 0.717) is 34.2 Å². The molecule has 0 fully saturated rings. The van der Waals surface area contributed by atoms with E-state index in [4.69, 9.17) is 32.7 Å². The van der Waals surface area contributed by atoms with E-state index < -0.39 is 24.0 Å². The molecule has 3 amide bonds. The molecule has 3 aromatic rings. The molecule has 0 saturated carbocycles. The number of hydrazone groups is 1. The fourth-order valence-electron chi connectivity index (χ4n) is 3.57. The maximum atomic E-state index is 12.8. The SMILES string of the molecule is CC(C)C[C@H](NC(=O)[C@@H](C)Oc1ccc(Cl)cc1Cl)C(=O)N/N=C\c1ccc(OCC(=O)Nc2ccccc2)cc1. The number of anilines is 1. The molecule has 0 aliphatic rings. The van der Waals surface area contributed by atoms with E-state index in [1.165, 1.54) is 12.3 Å². The number of benzene rings is 3. The monoisotopic (exact) mass is 598 g/mol. The minimum atomic E-state index is -0.912. The van der Waals surface area contributed by atoms with E-state index in [-0.39, 0.29) is 23.5 Å². The maximum Gasteiger partial charge on any atom is 0.262 e. The minimum absolute atomic E-state index is 0.124. The van der Waals surface area contributed by atoms with Crippen LogP contribution in [0.5, 0.6) is 11.5 Å². The number of hydrogen-bond acceptors (Lipinski definition) is 6. The van der Waals surface area contributed by atoms with Gasteiger partial charge in [0.2, 0.25) is 0 Å². The van der Waals surface area contributed by atoms with Gasteiger partial charge in [-0.1, -0.05) is 55.2 Å². The summed E-state index contributed by atoms with van der Waals surface area (Å²) in [5, 5.41) is 10.2. The molecule has 0 aliphatic heterocycles. The zero-order valence-electron chi connectivity index (χ0n) is 22.9. The molecule has 0 bridgehead atoms. The van der Waals surface area contributed by atoms with Gasteiger partial charge in [0, 0.05) is 10.7 Å². The van der Waals surface area contributed by atoms with E-state index in [1.54, 1.807) is 55.5 Å². The van der Waals surface area contributed by atoms with Crippen molar-refractivity contribution in [2.24, 2.45) is 11.0 Å². The summed E-state index contributed by atoms with van der Waals surface area (Å²) in [6.45, 7) is 5.31. The van der Waals surface area contributed by atoms with Gasteiger partial charge in [-0.25, -0.2) is 5.43 Å². The summed E-state index contributed by atoms with van der Waals surface area (Å²) in [7, 11) is 0. The fraction of sp³-hybridized carbons (Fsp3) is 0.267. The van der Waals surface area contributed by atoms with Crippen molar-refractivity contribution in [3.05, 3.63) is 88.4 Å². The normalized spacial score (nSPS) is 12.4. The van der Waals surface area contributed by atoms with Crippen LogP contribution in [0.4, 0.5) is 5.69 Å². The predicted octanol–water partition coefficient (Wildman–Crippen LogP) is 5.46. The van der Waals surface area contributed by atoms with Crippen LogP contribution in [0, 0.1) is 5.92 Å². The molecule has 3 rings (SSSR count). The van der Waals surface area contributed by atoms with Gasteiger partial charge in [0.15, 0.2) is 12.7 Å². The van der Waals surface area contributed by atoms with Crippen LogP contribution in [0.1, 0.15) is 32.8 Å². The fourth-order valence-corrected chi connectivity index (χ4v) is 4.03. The van der Waals surface area contributed by atoms with E-state index in [2.05, 4.69) is 21.2 Å². The Kier molecular flexibility index (Phi) is 12.0. The lowest BCUT2D eigenvalue weighted by molar-refractivity contribution is -0.132. The third-order valence-electron chi connectivity index (χ3n) is 5.60. The number of ether oxygens (including phenoxy) is 2. The van der Waals surface area contributed by atoms with Gasteiger partial charge in [0.05, 0.1) is 11.2 Å². The summed E-state index contributed by atoms with van der Waals surface area (Å²) >= 11 is 12.0. The van der Waals surface area contributed by atoms with Gasteiger partial charge in [-0.3, -0.25) is 14.4 Å². The first kappa shape index (κ1) is 31.4. The Balaban J connectivity index is 1.49. The average Bonchev–Trinajstić information content (AvgIpc) is 2.94. The van der Waals surface area contributed by atoms with Gasteiger partial charge < -0.3 is 20.1 Å². The molecule has 41 heavy (non-hydrogen) atoms. The average molecular weight is 600 g/mol. The highest BCUT2D eigenvalue weighted by atomic mass is 35.5. The number of halogens is 2. The molecular weight excluding hydrogens is 567 g/mol. The number of carbonyl (C=O) groups excluding carboxylic acids is 3. The molecule has 9 nitrogen and oxygen atoms in total. The molecule has 3 aromatic carbocycles. The molecular formula is C30H32Cl2N4O5. The van der Waals surface area contributed by atoms with Gasteiger partial charge in [0.1, 0.15) is 17.5 Å². The van der Waals surface area contributed by atoms with Crippen molar-refractivity contribution >= 4 is 52.8 Å². The predicted molar refractivity (Wildman–Crippen MR) is 161 cm³/mol. The summed E-state index contributed by atoms with van der Waals surface area (Å²) in [4.78, 5) is 37.7. The quantitative estimate of drug-likeness (QED) is 0.178. The second-order valence-corrected chi connectivity index (χ2v) is 10.4. The van der Waals surface area contributed by atoms with Crippen molar-refractivity contribution in [2.45, 2.75) is 39.3 Å². The van der Waals surface area contributed by atoms with Crippen molar-refractivity contribution in [3.8, 4) is 11.5 Å². The largest absolute Gasteiger partial charge is 0.484 e. The molecule has 0 radical (unpaired) electrons. The van der Waals surface area contributed by atoms with Crippen LogP contribution in [0.25, 0.3) is 0 Å². The summed E-state index contributed by atoms with van der Waals surface area (Å²) < 4.78 is 11.2. The Morgan fingerprint density at radius 2 is 1.63 bits per heavy atom. The topological polar surface area (TPSA) is 118 Å². The molecule has 0 saturated heterocycles. The van der Waals surface area contributed by atoms with Gasteiger partial charge in [-0.2, -0.15) is 5.10 Å². The first-order valence-electron chi connectivity index (χ1n) is 12.9. The molecule has 0 aliphatic carbocycles. The number of nitrogens with one attached hydrogen (secondary N) is 3. The number of para-hydroxylation sites is 1. The van der Waals surface area contributed by atoms with Crippen molar-refractivity contribution in [1.82, 2.24) is 10.7 Å². The summed E-state index contributed by atoms with van der Waals surface area (Å²) in [6.07, 6.45) is 0.947. The molecule has 0 heterocycles. The van der Waals surface area contributed by atoms with Crippen molar-refractivity contribution in [1.29, 1.82) is 0 Å². The van der Waals surface area contributed by atoms with Gasteiger partial charge in [-0.15, -0.1) is 0 Å². The molecule has 0 unspecified atom stereocenters. The molecule has 11 heteroatoms. The highest BCUT2D eigenvalue weighted by Gasteiger charge is 2.25. The van der Waals surface area contributed by atoms with Crippen molar-refractivity contribution in [3.63, 3.8) is 0 Å². The Morgan fingerprint density at radius 3 is 2.29 bits per heavy atom. The first-order valence-corrected chi connectivity index (χ1v) is 13.7. The molecule has 3 N–H and O–H groups in total. The minimum Gasteiger partial charge on any atom is -0.484 e. The number of amides is 3. The Bertz CT molecular complexity index is 1350. The van der Waals surface area contributed by atoms with Gasteiger partial charge >= 0.3 is 0 Å². The lowest BCUT2D eigenvalue weighted by Gasteiger charge is -2.22. The van der Waals surface area contributed by atoms with Crippen molar-refractivity contribution < 1.29 is 23.9 Å². The summed E-state index contributed by atoms with van der Waals surface area (Å²) in [5.41, 5.74) is 3.86. The Labute approximate surface area is 249 Å². The summed E-state index contributed by atoms with van der Waals surface area (Å²) in [5.74, 6) is -0.287. The van der Waals surface area contributed by atoms with Crippen molar-refractivity contribution in [2.75, 3.05) is 11.9 Å². The number of hydrogen-bond donors (Lipinski definition) is 3. The maximum absolute atomic E-state index is 12.8. The number of carbonyl (C=O) groups is 3. The Morgan fingerprint density at radius 1 is 0.927 bits per heavy atom. The van der Waals surface area contributed by atoms with Crippen LogP contribution >= 0.6 is 23.2 Å². The van der Waals surface area contributed by atoms with Crippen LogP contribution in [0.15, 0.2) is 77.9 Å². The second-order valence-electron chi connectivity index (χ2n) is 9.53. The van der Waals surface area contributed by atoms with Crippen LogP contribution in [0.2, 0.25) is 10.0 Å². The molecule has 216 valence electrons.